The number of carbonyl (C=O) groups is 1. The van der Waals surface area contributed by atoms with Crippen molar-refractivity contribution in [2.45, 2.75) is 16.2 Å². The summed E-state index contributed by atoms with van der Waals surface area (Å²) in [6.07, 6.45) is 1.18. The first-order valence-corrected chi connectivity index (χ1v) is 10.9. The molecule has 0 saturated heterocycles. The predicted octanol–water partition coefficient (Wildman–Crippen LogP) is 1.52. The normalized spacial score (nSPS) is 12.2. The van der Waals surface area contributed by atoms with Gasteiger partial charge in [-0.15, -0.1) is 0 Å². The van der Waals surface area contributed by atoms with Gasteiger partial charge in [0.1, 0.15) is 0 Å². The van der Waals surface area contributed by atoms with Crippen LogP contribution in [0.1, 0.15) is 5.56 Å². The smallest absolute Gasteiger partial charge is 0.242 e. The number of rotatable bonds is 6. The minimum atomic E-state index is -3.50. The Kier molecular flexibility index (Phi) is 5.84. The molecule has 0 radical (unpaired) electrons. The summed E-state index contributed by atoms with van der Waals surface area (Å²) in [6.45, 7) is 0. The van der Waals surface area contributed by atoms with E-state index in [-0.39, 0.29) is 22.1 Å². The van der Waals surface area contributed by atoms with Crippen LogP contribution >= 0.6 is 0 Å². The zero-order valence-corrected chi connectivity index (χ0v) is 16.3. The molecule has 0 spiro atoms. The van der Waals surface area contributed by atoms with Crippen LogP contribution in [0, 0.1) is 0 Å². The highest BCUT2D eigenvalue weighted by molar-refractivity contribution is 7.90. The van der Waals surface area contributed by atoms with Gasteiger partial charge in [-0.3, -0.25) is 4.79 Å². The van der Waals surface area contributed by atoms with Gasteiger partial charge in [0.2, 0.25) is 15.9 Å². The van der Waals surface area contributed by atoms with Crippen molar-refractivity contribution in [1.82, 2.24) is 4.31 Å². The molecule has 0 aromatic heterocycles. The number of hydrogen-bond donors (Lipinski definition) is 1. The number of carbonyl (C=O) groups excluding carboxylic acids is 1. The number of sulfone groups is 1. The van der Waals surface area contributed by atoms with Crippen LogP contribution < -0.4 is 5.32 Å². The number of hydrogen-bond acceptors (Lipinski definition) is 5. The summed E-state index contributed by atoms with van der Waals surface area (Å²) in [5.74, 6) is -0.291. The van der Waals surface area contributed by atoms with Gasteiger partial charge >= 0.3 is 0 Å². The van der Waals surface area contributed by atoms with Gasteiger partial charge in [-0.1, -0.05) is 12.1 Å². The summed E-state index contributed by atoms with van der Waals surface area (Å²) >= 11 is 0. The quantitative estimate of drug-likeness (QED) is 0.798. The minimum Gasteiger partial charge on any atom is -0.326 e. The SMILES string of the molecule is CN(C)S(=O)(=O)c1ccc(CC(=O)Nc2ccc(S(C)(=O)=O)cc2)cc1. The van der Waals surface area contributed by atoms with E-state index in [9.17, 15) is 21.6 Å². The van der Waals surface area contributed by atoms with Gasteiger partial charge in [0.05, 0.1) is 16.2 Å². The monoisotopic (exact) mass is 396 g/mol. The molecule has 0 atom stereocenters. The van der Waals surface area contributed by atoms with Crippen molar-refractivity contribution in [2.75, 3.05) is 25.7 Å². The molecule has 7 nitrogen and oxygen atoms in total. The fourth-order valence-electron chi connectivity index (χ4n) is 2.17. The van der Waals surface area contributed by atoms with Crippen LogP contribution in [-0.4, -0.2) is 47.4 Å². The number of amides is 1. The van der Waals surface area contributed by atoms with Crippen LogP contribution in [0.2, 0.25) is 0 Å². The topological polar surface area (TPSA) is 101 Å². The molecule has 140 valence electrons. The van der Waals surface area contributed by atoms with Crippen LogP contribution in [0.15, 0.2) is 58.3 Å². The van der Waals surface area contributed by atoms with Gasteiger partial charge in [-0.05, 0) is 42.0 Å². The third kappa shape index (κ3) is 4.90. The Morgan fingerprint density at radius 2 is 1.38 bits per heavy atom. The fraction of sp³-hybridized carbons (Fsp3) is 0.235. The molecule has 0 heterocycles. The minimum absolute atomic E-state index is 0.0656. The molecule has 0 aliphatic heterocycles. The number of benzene rings is 2. The van der Waals surface area contributed by atoms with Crippen molar-refractivity contribution in [3.05, 3.63) is 54.1 Å². The Morgan fingerprint density at radius 3 is 1.85 bits per heavy atom. The van der Waals surface area contributed by atoms with E-state index < -0.39 is 19.9 Å². The summed E-state index contributed by atoms with van der Waals surface area (Å²) < 4.78 is 48.0. The molecule has 2 rings (SSSR count). The Bertz CT molecular complexity index is 994. The number of sulfonamides is 1. The number of nitrogens with zero attached hydrogens (tertiary/aromatic N) is 1. The summed E-state index contributed by atoms with van der Waals surface area (Å²) in [7, 11) is -3.89. The molecule has 0 aliphatic rings. The summed E-state index contributed by atoms with van der Waals surface area (Å²) in [4.78, 5) is 12.4. The van der Waals surface area contributed by atoms with Crippen molar-refractivity contribution >= 4 is 31.5 Å². The highest BCUT2D eigenvalue weighted by Crippen LogP contribution is 2.16. The van der Waals surface area contributed by atoms with E-state index in [2.05, 4.69) is 5.32 Å². The van der Waals surface area contributed by atoms with Gasteiger partial charge in [0, 0.05) is 26.0 Å². The molecular formula is C17H20N2O5S2. The first kappa shape index (κ1) is 20.1. The lowest BCUT2D eigenvalue weighted by Crippen LogP contribution is -2.22. The first-order valence-electron chi connectivity index (χ1n) is 7.61. The predicted molar refractivity (Wildman–Crippen MR) is 99.2 cm³/mol. The Labute approximate surface area is 153 Å². The molecule has 2 aromatic rings. The van der Waals surface area contributed by atoms with Gasteiger partial charge in [0.15, 0.2) is 9.84 Å². The maximum absolute atomic E-state index is 12.1. The molecule has 9 heteroatoms. The fourth-order valence-corrected chi connectivity index (χ4v) is 3.70. The van der Waals surface area contributed by atoms with Crippen LogP contribution in [-0.2, 0) is 31.1 Å². The summed E-state index contributed by atoms with van der Waals surface area (Å²) in [6, 6.07) is 12.0. The van der Waals surface area contributed by atoms with E-state index in [1.54, 1.807) is 12.1 Å². The van der Waals surface area contributed by atoms with Gasteiger partial charge < -0.3 is 5.32 Å². The molecule has 0 unspecified atom stereocenters. The second-order valence-corrected chi connectivity index (χ2v) is 10.1. The van der Waals surface area contributed by atoms with Crippen molar-refractivity contribution in [3.8, 4) is 0 Å². The van der Waals surface area contributed by atoms with Crippen molar-refractivity contribution < 1.29 is 21.6 Å². The Balaban J connectivity index is 2.04. The van der Waals surface area contributed by atoms with Crippen LogP contribution in [0.4, 0.5) is 5.69 Å². The average molecular weight is 396 g/mol. The lowest BCUT2D eigenvalue weighted by atomic mass is 10.1. The highest BCUT2D eigenvalue weighted by atomic mass is 32.2. The van der Waals surface area contributed by atoms with Crippen LogP contribution in [0.3, 0.4) is 0 Å². The lowest BCUT2D eigenvalue weighted by molar-refractivity contribution is -0.115. The zero-order valence-electron chi connectivity index (χ0n) is 14.6. The molecule has 1 amide bonds. The van der Waals surface area contributed by atoms with E-state index in [0.29, 0.717) is 11.3 Å². The lowest BCUT2D eigenvalue weighted by Gasteiger charge is -2.11. The molecular weight excluding hydrogens is 376 g/mol. The number of nitrogens with one attached hydrogen (secondary N) is 1. The van der Waals surface area contributed by atoms with Crippen molar-refractivity contribution in [3.63, 3.8) is 0 Å². The summed E-state index contributed by atoms with van der Waals surface area (Å²) in [5, 5.41) is 2.67. The third-order valence-corrected chi connectivity index (χ3v) is 6.59. The van der Waals surface area contributed by atoms with Crippen LogP contribution in [0.5, 0.6) is 0 Å². The number of anilines is 1. The van der Waals surface area contributed by atoms with E-state index in [1.165, 1.54) is 50.5 Å². The van der Waals surface area contributed by atoms with Gasteiger partial charge in [-0.2, -0.15) is 0 Å². The maximum atomic E-state index is 12.1. The average Bonchev–Trinajstić information content (AvgIpc) is 2.54. The standard InChI is InChI=1S/C17H20N2O5S2/c1-19(2)26(23,24)16-8-4-13(5-9-16)12-17(20)18-14-6-10-15(11-7-14)25(3,21)22/h4-11H,12H2,1-3H3,(H,18,20). The van der Waals surface area contributed by atoms with E-state index in [1.807, 2.05) is 0 Å². The Morgan fingerprint density at radius 1 is 0.885 bits per heavy atom. The molecule has 0 aliphatic carbocycles. The van der Waals surface area contributed by atoms with Gasteiger partial charge in [-0.25, -0.2) is 21.1 Å². The van der Waals surface area contributed by atoms with Crippen molar-refractivity contribution in [1.29, 1.82) is 0 Å². The maximum Gasteiger partial charge on any atom is 0.242 e. The molecule has 0 fully saturated rings. The Hall–Kier alpha value is -2.23. The molecule has 2 aromatic carbocycles. The van der Waals surface area contributed by atoms with Crippen molar-refractivity contribution in [2.24, 2.45) is 0 Å². The third-order valence-electron chi connectivity index (χ3n) is 3.63. The molecule has 26 heavy (non-hydrogen) atoms. The van der Waals surface area contributed by atoms with E-state index in [0.717, 1.165) is 10.6 Å². The second kappa shape index (κ2) is 7.56. The highest BCUT2D eigenvalue weighted by Gasteiger charge is 2.17. The molecule has 1 N–H and O–H groups in total. The zero-order chi connectivity index (χ0) is 19.5. The second-order valence-electron chi connectivity index (χ2n) is 5.95. The molecule has 0 bridgehead atoms. The first-order chi connectivity index (χ1) is 12.0. The summed E-state index contributed by atoms with van der Waals surface area (Å²) in [5.41, 5.74) is 1.14. The molecule has 0 saturated carbocycles. The van der Waals surface area contributed by atoms with Crippen LogP contribution in [0.25, 0.3) is 0 Å². The van der Waals surface area contributed by atoms with E-state index >= 15 is 0 Å². The largest absolute Gasteiger partial charge is 0.326 e. The van der Waals surface area contributed by atoms with E-state index in [4.69, 9.17) is 0 Å². The van der Waals surface area contributed by atoms with Gasteiger partial charge in [0.25, 0.3) is 0 Å².